The lowest BCUT2D eigenvalue weighted by atomic mass is 10.1. The number of hydrogen-bond donors (Lipinski definition) is 5. The number of benzene rings is 7. The Balaban J connectivity index is 1.09. The van der Waals surface area contributed by atoms with E-state index in [9.17, 15) is 44.0 Å². The van der Waals surface area contributed by atoms with Gasteiger partial charge in [-0.05, 0) is 140 Å². The van der Waals surface area contributed by atoms with Crippen molar-refractivity contribution in [3.63, 3.8) is 0 Å². The zero-order valence-electron chi connectivity index (χ0n) is 38.2. The number of aryl methyl sites for hydroxylation is 3. The minimum absolute atomic E-state index is 0.141. The van der Waals surface area contributed by atoms with Gasteiger partial charge in [0.25, 0.3) is 30.4 Å². The summed E-state index contributed by atoms with van der Waals surface area (Å²) in [4.78, 5) is -2.31. The van der Waals surface area contributed by atoms with Crippen molar-refractivity contribution in [3.05, 3.63) is 126 Å². The van der Waals surface area contributed by atoms with Gasteiger partial charge in [0.1, 0.15) is 49.8 Å². The lowest BCUT2D eigenvalue weighted by Gasteiger charge is -2.12. The average molecular weight is 1020 g/mol. The summed E-state index contributed by atoms with van der Waals surface area (Å²) in [5.74, 6) is 0.603. The van der Waals surface area contributed by atoms with Gasteiger partial charge in [-0.3, -0.25) is 13.7 Å². The zero-order valence-corrected chi connectivity index (χ0v) is 40.6. The third-order valence-corrected chi connectivity index (χ3v) is 13.1. The third-order valence-electron chi connectivity index (χ3n) is 10.5. The van der Waals surface area contributed by atoms with Crippen LogP contribution in [0.1, 0.15) is 16.7 Å². The van der Waals surface area contributed by atoms with Gasteiger partial charge < -0.3 is 24.6 Å². The molecule has 0 spiro atoms. The Morgan fingerprint density at radius 3 is 1.54 bits per heavy atom. The van der Waals surface area contributed by atoms with E-state index in [0.29, 0.717) is 68.1 Å². The van der Waals surface area contributed by atoms with Crippen LogP contribution in [0, 0.1) is 20.8 Å². The van der Waals surface area contributed by atoms with Crippen LogP contribution in [0.3, 0.4) is 0 Å². The Morgan fingerprint density at radius 2 is 0.972 bits per heavy atom. The standard InChI is InChI=1S/C46H41N9O13S3/c1-25-17-31(10-15-35(25)49-50-36-16-13-33(69(57,58)59)22-43(36)70(60,61)62)48-51-37-23-41(67-5)39(18-26(37)2)53-52-38-24-42(68-6)40(19-27(38)3)54-55-45-44(71(63,64)65)21-28-20-30(9-14-34(28)46(45)56)47-29-7-11-32(66-4)12-8-29/h7-24,47,56H,1-6H3,(H,57,58,59)(H,60,61,62)(H,63,64,65). The SMILES string of the molecule is COc1ccc(Nc2ccc3c(O)c(N=Nc4cc(C)c(N=Nc5cc(C)c(N=Nc6ccc(N=Nc7ccc(S(=O)(=O)O)cc7S(=O)(=O)O)c(C)c6)cc5OC)cc4OC)c(S(=O)(=O)O)cc3c2)cc1. The van der Waals surface area contributed by atoms with E-state index in [4.69, 9.17) is 14.2 Å². The molecule has 7 aromatic rings. The first-order valence-electron chi connectivity index (χ1n) is 20.5. The molecule has 25 heteroatoms. The lowest BCUT2D eigenvalue weighted by Crippen LogP contribution is -2.03. The van der Waals surface area contributed by atoms with E-state index in [1.165, 1.54) is 32.4 Å². The lowest BCUT2D eigenvalue weighted by molar-refractivity contribution is 0.415. The first-order valence-corrected chi connectivity index (χ1v) is 24.8. The van der Waals surface area contributed by atoms with E-state index in [1.54, 1.807) is 101 Å². The Morgan fingerprint density at radius 1 is 0.451 bits per heavy atom. The molecule has 0 aromatic heterocycles. The van der Waals surface area contributed by atoms with Gasteiger partial charge in [0, 0.05) is 28.9 Å². The van der Waals surface area contributed by atoms with Gasteiger partial charge in [0.05, 0.1) is 49.0 Å². The number of azo groups is 4. The Kier molecular flexibility index (Phi) is 14.7. The molecule has 0 unspecified atom stereocenters. The van der Waals surface area contributed by atoms with Gasteiger partial charge in [0.2, 0.25) is 0 Å². The molecule has 0 aliphatic rings. The van der Waals surface area contributed by atoms with E-state index in [1.807, 2.05) is 0 Å². The van der Waals surface area contributed by atoms with Crippen LogP contribution in [0.15, 0.2) is 165 Å². The van der Waals surface area contributed by atoms with Crippen molar-refractivity contribution in [1.29, 1.82) is 0 Å². The van der Waals surface area contributed by atoms with Crippen molar-refractivity contribution in [1.82, 2.24) is 0 Å². The van der Waals surface area contributed by atoms with Crippen LogP contribution in [0.4, 0.5) is 56.9 Å². The van der Waals surface area contributed by atoms with Crippen molar-refractivity contribution in [2.45, 2.75) is 35.5 Å². The summed E-state index contributed by atoms with van der Waals surface area (Å²) >= 11 is 0. The maximum absolute atomic E-state index is 12.6. The van der Waals surface area contributed by atoms with Crippen molar-refractivity contribution in [2.24, 2.45) is 40.9 Å². The molecular weight excluding hydrogens is 983 g/mol. The molecule has 0 saturated heterocycles. The molecule has 366 valence electrons. The number of hydrogen-bond acceptors (Lipinski definition) is 19. The van der Waals surface area contributed by atoms with Gasteiger partial charge in [-0.1, -0.05) is 0 Å². The van der Waals surface area contributed by atoms with Crippen LogP contribution in [-0.4, -0.2) is 65.3 Å². The summed E-state index contributed by atoms with van der Waals surface area (Å²) in [6.07, 6.45) is 0. The van der Waals surface area contributed by atoms with Crippen LogP contribution in [0.2, 0.25) is 0 Å². The number of anilines is 2. The number of nitrogens with zero attached hydrogens (tertiary/aromatic N) is 8. The molecule has 0 aliphatic heterocycles. The number of phenols is 1. The molecule has 0 fully saturated rings. The molecule has 0 radical (unpaired) electrons. The highest BCUT2D eigenvalue weighted by atomic mass is 32.2. The molecule has 22 nitrogen and oxygen atoms in total. The van der Waals surface area contributed by atoms with Crippen molar-refractivity contribution >= 4 is 98.0 Å². The number of nitrogens with one attached hydrogen (secondary N) is 1. The Labute approximate surface area is 406 Å². The third kappa shape index (κ3) is 11.9. The molecule has 7 aromatic carbocycles. The van der Waals surface area contributed by atoms with Gasteiger partial charge >= 0.3 is 0 Å². The summed E-state index contributed by atoms with van der Waals surface area (Å²) in [5.41, 5.74) is 4.15. The first-order chi connectivity index (χ1) is 33.6. The van der Waals surface area contributed by atoms with Crippen LogP contribution in [0.5, 0.6) is 23.0 Å². The number of aromatic hydroxyl groups is 1. The molecule has 0 bridgehead atoms. The topological polar surface area (TPSA) is 322 Å². The minimum atomic E-state index is -4.95. The summed E-state index contributed by atoms with van der Waals surface area (Å²) in [7, 11) is -10.3. The van der Waals surface area contributed by atoms with E-state index in [-0.39, 0.29) is 28.2 Å². The maximum Gasteiger partial charge on any atom is 0.296 e. The van der Waals surface area contributed by atoms with Crippen LogP contribution >= 0.6 is 0 Å². The smallest absolute Gasteiger partial charge is 0.296 e. The number of phenolic OH excluding ortho intramolecular Hbond substituents is 1. The van der Waals surface area contributed by atoms with Crippen LogP contribution in [0.25, 0.3) is 10.8 Å². The average Bonchev–Trinajstić information content (AvgIpc) is 3.31. The second kappa shape index (κ2) is 20.5. The quantitative estimate of drug-likeness (QED) is 0.0444. The van der Waals surface area contributed by atoms with Gasteiger partial charge in [0.15, 0.2) is 5.75 Å². The number of ether oxygens (including phenoxy) is 3. The molecule has 7 rings (SSSR count). The predicted molar refractivity (Wildman–Crippen MR) is 261 cm³/mol. The highest BCUT2D eigenvalue weighted by Gasteiger charge is 2.24. The van der Waals surface area contributed by atoms with Crippen LogP contribution < -0.4 is 19.5 Å². The second-order valence-corrected chi connectivity index (χ2v) is 19.5. The van der Waals surface area contributed by atoms with E-state index in [0.717, 1.165) is 17.8 Å². The Hall–Kier alpha value is -8.07. The fourth-order valence-corrected chi connectivity index (χ4v) is 8.66. The molecule has 0 atom stereocenters. The minimum Gasteiger partial charge on any atom is -0.505 e. The maximum atomic E-state index is 12.6. The largest absolute Gasteiger partial charge is 0.505 e. The van der Waals surface area contributed by atoms with Crippen molar-refractivity contribution in [2.75, 3.05) is 26.6 Å². The normalized spacial score (nSPS) is 12.5. The molecule has 5 N–H and O–H groups in total. The molecule has 0 aliphatic carbocycles. The monoisotopic (exact) mass is 1020 g/mol. The summed E-state index contributed by atoms with van der Waals surface area (Å²) in [5, 5.41) is 48.7. The highest BCUT2D eigenvalue weighted by Crippen LogP contribution is 2.44. The van der Waals surface area contributed by atoms with E-state index in [2.05, 4.69) is 46.2 Å². The predicted octanol–water partition coefficient (Wildman–Crippen LogP) is 12.6. The second-order valence-electron chi connectivity index (χ2n) is 15.3. The summed E-state index contributed by atoms with van der Waals surface area (Å²) in [6.45, 7) is 5.18. The summed E-state index contributed by atoms with van der Waals surface area (Å²) < 4.78 is 118. The molecule has 0 saturated carbocycles. The zero-order chi connectivity index (χ0) is 51.4. The number of methoxy groups -OCH3 is 3. The number of rotatable bonds is 16. The van der Waals surface area contributed by atoms with Gasteiger partial charge in [-0.2, -0.15) is 45.7 Å². The van der Waals surface area contributed by atoms with Gasteiger partial charge in [-0.25, -0.2) is 0 Å². The molecule has 0 amide bonds. The first kappa shape index (κ1) is 50.8. The molecule has 0 heterocycles. The van der Waals surface area contributed by atoms with Crippen LogP contribution in [-0.2, 0) is 30.4 Å². The fourth-order valence-electron chi connectivity index (χ4n) is 6.78. The van der Waals surface area contributed by atoms with Crippen molar-refractivity contribution in [3.8, 4) is 23.0 Å². The van der Waals surface area contributed by atoms with Gasteiger partial charge in [-0.15, -0.1) is 20.5 Å². The number of fused-ring (bicyclic) bond motifs is 1. The fraction of sp³-hybridized carbons (Fsp3) is 0.130. The summed E-state index contributed by atoms with van der Waals surface area (Å²) in [6, 6.07) is 26.7. The van der Waals surface area contributed by atoms with E-state index >= 15 is 0 Å². The highest BCUT2D eigenvalue weighted by molar-refractivity contribution is 7.87. The molecular formula is C46H41N9O13S3. The Bertz CT molecular complexity index is 3720. The van der Waals surface area contributed by atoms with Crippen molar-refractivity contribution < 1.29 is 58.2 Å². The molecule has 71 heavy (non-hydrogen) atoms. The van der Waals surface area contributed by atoms with E-state index < -0.39 is 56.5 Å².